The Bertz CT molecular complexity index is 210. The van der Waals surface area contributed by atoms with Crippen molar-refractivity contribution in [1.82, 2.24) is 0 Å². The fourth-order valence-corrected chi connectivity index (χ4v) is 3.05. The molecule has 1 heterocycles. The van der Waals surface area contributed by atoms with Gasteiger partial charge in [-0.15, -0.1) is 12.6 Å². The first-order valence-corrected chi connectivity index (χ1v) is 9.01. The Morgan fingerprint density at radius 3 is 2.33 bits per heavy atom. The van der Waals surface area contributed by atoms with Gasteiger partial charge in [0.2, 0.25) is 0 Å². The Hall–Kier alpha value is 0.137. The van der Waals surface area contributed by atoms with Gasteiger partial charge in [-0.05, 0) is 24.6 Å². The summed E-state index contributed by atoms with van der Waals surface area (Å²) in [6.45, 7) is 14.7. The van der Waals surface area contributed by atoms with Crippen LogP contribution in [0.3, 0.4) is 0 Å². The first-order chi connectivity index (χ1) is 6.76. The lowest BCUT2D eigenvalue weighted by molar-refractivity contribution is 0.199. The third kappa shape index (κ3) is 3.30. The molecule has 2 atom stereocenters. The Morgan fingerprint density at radius 2 is 1.93 bits per heavy atom. The maximum atomic E-state index is 6.34. The van der Waals surface area contributed by atoms with Gasteiger partial charge in [0, 0.05) is 6.10 Å². The van der Waals surface area contributed by atoms with E-state index in [1.165, 1.54) is 0 Å². The molecule has 0 aromatic rings. The second-order valence-corrected chi connectivity index (χ2v) is 10.9. The molecule has 1 saturated heterocycles. The van der Waals surface area contributed by atoms with Crippen LogP contribution in [0.15, 0.2) is 0 Å². The molecule has 0 aliphatic carbocycles. The van der Waals surface area contributed by atoms with Crippen molar-refractivity contribution in [3.8, 4) is 0 Å². The van der Waals surface area contributed by atoms with Crippen molar-refractivity contribution in [3.63, 3.8) is 0 Å². The van der Waals surface area contributed by atoms with E-state index in [9.17, 15) is 0 Å². The molecule has 0 radical (unpaired) electrons. The Morgan fingerprint density at radius 1 is 1.33 bits per heavy atom. The Kier molecular flexibility index (Phi) is 4.01. The van der Waals surface area contributed by atoms with E-state index in [-0.39, 0.29) is 0 Å². The minimum absolute atomic E-state index is 0.317. The van der Waals surface area contributed by atoms with Gasteiger partial charge in [-0.3, -0.25) is 0 Å². The van der Waals surface area contributed by atoms with Crippen molar-refractivity contribution in [1.29, 1.82) is 0 Å². The van der Waals surface area contributed by atoms with Crippen LogP contribution >= 0.6 is 0 Å². The van der Waals surface area contributed by atoms with E-state index in [0.29, 0.717) is 17.2 Å². The van der Waals surface area contributed by atoms with Gasteiger partial charge in [0.05, 0.1) is 0 Å². The highest BCUT2D eigenvalue weighted by Gasteiger charge is 2.39. The molecule has 0 aromatic carbocycles. The zero-order valence-corrected chi connectivity index (χ0v) is 12.1. The predicted molar refractivity (Wildman–Crippen MR) is 69.0 cm³/mol. The van der Waals surface area contributed by atoms with Gasteiger partial charge in [0.1, 0.15) is 0 Å². The predicted octanol–water partition coefficient (Wildman–Crippen LogP) is 3.93. The molecule has 1 aliphatic heterocycles. The fraction of sp³-hybridized carbons (Fsp3) is 1.00. The van der Waals surface area contributed by atoms with E-state index in [1.54, 1.807) is 0 Å². The lowest BCUT2D eigenvalue weighted by atomic mass is 10.2. The van der Waals surface area contributed by atoms with Crippen LogP contribution in [0.25, 0.3) is 5.32 Å². The fourth-order valence-electron chi connectivity index (χ4n) is 1.69. The van der Waals surface area contributed by atoms with Crippen LogP contribution in [0.2, 0.25) is 18.1 Å². The molecule has 90 valence electrons. The van der Waals surface area contributed by atoms with E-state index in [0.717, 1.165) is 19.4 Å². The van der Waals surface area contributed by atoms with E-state index >= 15 is 0 Å². The molecule has 0 N–H and O–H groups in total. The normalized spacial score (nSPS) is 28.4. The van der Waals surface area contributed by atoms with E-state index in [1.807, 2.05) is 0 Å². The summed E-state index contributed by atoms with van der Waals surface area (Å²) in [5.41, 5.74) is 0. The average molecular weight is 228 g/mol. The smallest absolute Gasteiger partial charge is 0.192 e. The van der Waals surface area contributed by atoms with Crippen LogP contribution in [-0.4, -0.2) is 27.0 Å². The highest BCUT2D eigenvalue weighted by molar-refractivity contribution is 6.74. The van der Waals surface area contributed by atoms with Crippen LogP contribution in [0, 0.1) is 0 Å². The first-order valence-electron chi connectivity index (χ1n) is 6.10. The summed E-state index contributed by atoms with van der Waals surface area (Å²) in [4.78, 5) is 0. The van der Waals surface area contributed by atoms with Crippen LogP contribution in [0.4, 0.5) is 0 Å². The standard InChI is InChI=1S/C12H26NOSi/c1-7-10-8-11(9-13-10)14-15(5,6)12(2,3)4/h10-11H,7-9H2,1-6H3/q-1/t10-,11-/m1/s1. The van der Waals surface area contributed by atoms with Gasteiger partial charge in [0.15, 0.2) is 8.32 Å². The van der Waals surface area contributed by atoms with E-state index < -0.39 is 8.32 Å². The maximum Gasteiger partial charge on any atom is 0.192 e. The van der Waals surface area contributed by atoms with Crippen molar-refractivity contribution < 1.29 is 4.43 Å². The van der Waals surface area contributed by atoms with Crippen LogP contribution in [-0.2, 0) is 4.43 Å². The molecule has 0 amide bonds. The minimum atomic E-state index is -1.57. The number of hydrogen-bond donors (Lipinski definition) is 0. The van der Waals surface area contributed by atoms with Gasteiger partial charge in [-0.1, -0.05) is 34.1 Å². The quantitative estimate of drug-likeness (QED) is 0.671. The SMILES string of the molecule is CC[C@@H]1C[C@@H](O[Si](C)(C)C(C)(C)C)C[N-]1. The summed E-state index contributed by atoms with van der Waals surface area (Å²) in [5, 5.41) is 4.92. The average Bonchev–Trinajstić information content (AvgIpc) is 2.49. The Labute approximate surface area is 95.9 Å². The molecule has 1 fully saturated rings. The highest BCUT2D eigenvalue weighted by Crippen LogP contribution is 2.39. The van der Waals surface area contributed by atoms with Crippen molar-refractivity contribution in [3.05, 3.63) is 5.32 Å². The van der Waals surface area contributed by atoms with Crippen molar-refractivity contribution in [2.75, 3.05) is 6.54 Å². The topological polar surface area (TPSA) is 23.3 Å². The molecular formula is C12H26NOSi-. The molecule has 0 aromatic heterocycles. The lowest BCUT2D eigenvalue weighted by Gasteiger charge is -2.39. The molecule has 1 aliphatic rings. The Balaban J connectivity index is 2.49. The highest BCUT2D eigenvalue weighted by atomic mass is 28.4. The van der Waals surface area contributed by atoms with E-state index in [2.05, 4.69) is 46.1 Å². The molecule has 0 spiro atoms. The van der Waals surface area contributed by atoms with Crippen molar-refractivity contribution in [2.45, 2.75) is 70.8 Å². The van der Waals surface area contributed by atoms with Gasteiger partial charge >= 0.3 is 0 Å². The molecule has 0 bridgehead atoms. The molecule has 0 saturated carbocycles. The van der Waals surface area contributed by atoms with Crippen LogP contribution in [0.5, 0.6) is 0 Å². The maximum absolute atomic E-state index is 6.34. The first kappa shape index (κ1) is 13.2. The van der Waals surface area contributed by atoms with Crippen LogP contribution in [0.1, 0.15) is 40.5 Å². The third-order valence-electron chi connectivity index (χ3n) is 3.84. The molecule has 1 rings (SSSR count). The molecule has 0 unspecified atom stereocenters. The van der Waals surface area contributed by atoms with Gasteiger partial charge in [-0.25, -0.2) is 0 Å². The monoisotopic (exact) mass is 228 g/mol. The molecule has 3 heteroatoms. The second-order valence-electron chi connectivity index (χ2n) is 6.16. The third-order valence-corrected chi connectivity index (χ3v) is 8.38. The zero-order chi connectivity index (χ0) is 11.7. The molecule has 2 nitrogen and oxygen atoms in total. The van der Waals surface area contributed by atoms with E-state index in [4.69, 9.17) is 4.43 Å². The number of hydrogen-bond acceptors (Lipinski definition) is 1. The summed E-state index contributed by atoms with van der Waals surface area (Å²) in [6, 6.07) is 0.555. The lowest BCUT2D eigenvalue weighted by Crippen LogP contribution is -2.44. The summed E-state index contributed by atoms with van der Waals surface area (Å²) in [6.07, 6.45) is 2.70. The van der Waals surface area contributed by atoms with Gasteiger partial charge < -0.3 is 9.74 Å². The zero-order valence-electron chi connectivity index (χ0n) is 11.1. The van der Waals surface area contributed by atoms with Crippen LogP contribution < -0.4 is 0 Å². The second kappa shape index (κ2) is 4.56. The summed E-state index contributed by atoms with van der Waals surface area (Å²) in [7, 11) is -1.57. The van der Waals surface area contributed by atoms with Crippen molar-refractivity contribution >= 4 is 8.32 Å². The summed E-state index contributed by atoms with van der Waals surface area (Å²) < 4.78 is 6.34. The van der Waals surface area contributed by atoms with Gasteiger partial charge in [-0.2, -0.15) is 0 Å². The van der Waals surface area contributed by atoms with Crippen molar-refractivity contribution in [2.24, 2.45) is 0 Å². The molecular weight excluding hydrogens is 202 g/mol. The summed E-state index contributed by atoms with van der Waals surface area (Å²) >= 11 is 0. The van der Waals surface area contributed by atoms with Gasteiger partial charge in [0.25, 0.3) is 0 Å². The minimum Gasteiger partial charge on any atom is -0.657 e. The largest absolute Gasteiger partial charge is 0.657 e. The summed E-state index contributed by atoms with van der Waals surface area (Å²) in [5.74, 6) is 0. The number of nitrogens with zero attached hydrogens (tertiary/aromatic N) is 1. The molecule has 15 heavy (non-hydrogen) atoms. The number of rotatable bonds is 3.